The van der Waals surface area contributed by atoms with Gasteiger partial charge in [-0.1, -0.05) is 6.08 Å². The first-order valence-corrected chi connectivity index (χ1v) is 5.23. The number of ether oxygens (including phenoxy) is 2. The first kappa shape index (κ1) is 12.2. The Kier molecular flexibility index (Phi) is 4.78. The molecule has 1 rings (SSSR count). The predicted octanol–water partition coefficient (Wildman–Crippen LogP) is 0.732. The SMILES string of the molecule is C=CCOCC1(C(=O)OC)CCCNC1. The lowest BCUT2D eigenvalue weighted by molar-refractivity contribution is -0.158. The Morgan fingerprint density at radius 3 is 3.00 bits per heavy atom. The average molecular weight is 213 g/mol. The van der Waals surface area contributed by atoms with Gasteiger partial charge in [-0.2, -0.15) is 0 Å². The fourth-order valence-electron chi connectivity index (χ4n) is 1.88. The summed E-state index contributed by atoms with van der Waals surface area (Å²) in [6.07, 6.45) is 3.48. The highest BCUT2D eigenvalue weighted by Gasteiger charge is 2.40. The van der Waals surface area contributed by atoms with Crippen LogP contribution in [0.3, 0.4) is 0 Å². The average Bonchev–Trinajstić information content (AvgIpc) is 2.29. The fourth-order valence-corrected chi connectivity index (χ4v) is 1.88. The van der Waals surface area contributed by atoms with Crippen LogP contribution in [-0.4, -0.2) is 39.4 Å². The highest BCUT2D eigenvalue weighted by atomic mass is 16.5. The van der Waals surface area contributed by atoms with E-state index in [1.807, 2.05) is 0 Å². The van der Waals surface area contributed by atoms with Gasteiger partial charge < -0.3 is 14.8 Å². The number of carbonyl (C=O) groups is 1. The Balaban J connectivity index is 2.58. The second-order valence-electron chi connectivity index (χ2n) is 3.86. The van der Waals surface area contributed by atoms with Crippen molar-refractivity contribution in [2.75, 3.05) is 33.4 Å². The van der Waals surface area contributed by atoms with E-state index in [0.29, 0.717) is 19.8 Å². The molecule has 15 heavy (non-hydrogen) atoms. The van der Waals surface area contributed by atoms with Crippen molar-refractivity contribution in [2.24, 2.45) is 5.41 Å². The van der Waals surface area contributed by atoms with Gasteiger partial charge in [0.25, 0.3) is 0 Å². The molecule has 1 fully saturated rings. The van der Waals surface area contributed by atoms with Gasteiger partial charge in [0.15, 0.2) is 0 Å². The molecule has 1 unspecified atom stereocenters. The van der Waals surface area contributed by atoms with Crippen molar-refractivity contribution >= 4 is 5.97 Å². The van der Waals surface area contributed by atoms with Gasteiger partial charge >= 0.3 is 5.97 Å². The van der Waals surface area contributed by atoms with E-state index >= 15 is 0 Å². The van der Waals surface area contributed by atoms with Crippen LogP contribution in [0.4, 0.5) is 0 Å². The molecule has 0 amide bonds. The molecule has 86 valence electrons. The van der Waals surface area contributed by atoms with Crippen molar-refractivity contribution in [3.8, 4) is 0 Å². The molecular weight excluding hydrogens is 194 g/mol. The molecule has 4 heteroatoms. The van der Waals surface area contributed by atoms with E-state index in [1.165, 1.54) is 7.11 Å². The minimum atomic E-state index is -0.504. The monoisotopic (exact) mass is 213 g/mol. The summed E-state index contributed by atoms with van der Waals surface area (Å²) in [5, 5.41) is 3.21. The zero-order valence-corrected chi connectivity index (χ0v) is 9.25. The number of esters is 1. The van der Waals surface area contributed by atoms with Crippen LogP contribution in [0.25, 0.3) is 0 Å². The molecule has 0 saturated carbocycles. The maximum Gasteiger partial charge on any atom is 0.315 e. The molecule has 0 aromatic heterocycles. The van der Waals surface area contributed by atoms with Gasteiger partial charge in [-0.3, -0.25) is 4.79 Å². The van der Waals surface area contributed by atoms with Crippen LogP contribution in [0, 0.1) is 5.41 Å². The molecular formula is C11H19NO3. The van der Waals surface area contributed by atoms with Crippen LogP contribution in [0.5, 0.6) is 0 Å². The van der Waals surface area contributed by atoms with Crippen LogP contribution in [0.15, 0.2) is 12.7 Å². The maximum absolute atomic E-state index is 11.7. The van der Waals surface area contributed by atoms with Crippen LogP contribution in [0.1, 0.15) is 12.8 Å². The van der Waals surface area contributed by atoms with E-state index in [4.69, 9.17) is 9.47 Å². The molecule has 1 aliphatic heterocycles. The second-order valence-corrected chi connectivity index (χ2v) is 3.86. The minimum absolute atomic E-state index is 0.182. The zero-order valence-electron chi connectivity index (χ0n) is 9.25. The van der Waals surface area contributed by atoms with Gasteiger partial charge in [-0.05, 0) is 19.4 Å². The summed E-state index contributed by atoms with van der Waals surface area (Å²) in [6.45, 7) is 6.04. The van der Waals surface area contributed by atoms with Crippen molar-refractivity contribution in [2.45, 2.75) is 12.8 Å². The molecule has 1 saturated heterocycles. The standard InChI is InChI=1S/C11H19NO3/c1-3-7-15-9-11(10(13)14-2)5-4-6-12-8-11/h3,12H,1,4-9H2,2H3. The van der Waals surface area contributed by atoms with Crippen LogP contribution in [0.2, 0.25) is 0 Å². The fraction of sp³-hybridized carbons (Fsp3) is 0.727. The summed E-state index contributed by atoms with van der Waals surface area (Å²) in [5.74, 6) is -0.182. The molecule has 1 N–H and O–H groups in total. The van der Waals surface area contributed by atoms with Gasteiger partial charge in [0.1, 0.15) is 5.41 Å². The van der Waals surface area contributed by atoms with E-state index in [1.54, 1.807) is 6.08 Å². The first-order chi connectivity index (χ1) is 7.25. The third-order valence-electron chi connectivity index (χ3n) is 2.70. The van der Waals surface area contributed by atoms with Gasteiger partial charge in [0, 0.05) is 6.54 Å². The maximum atomic E-state index is 11.7. The van der Waals surface area contributed by atoms with Gasteiger partial charge in [0.05, 0.1) is 20.3 Å². The predicted molar refractivity (Wildman–Crippen MR) is 57.6 cm³/mol. The second kappa shape index (κ2) is 5.88. The number of piperidine rings is 1. The van der Waals surface area contributed by atoms with Crippen molar-refractivity contribution < 1.29 is 14.3 Å². The summed E-state index contributed by atoms with van der Waals surface area (Å²) in [5.41, 5.74) is -0.504. The third-order valence-corrected chi connectivity index (χ3v) is 2.70. The Morgan fingerprint density at radius 1 is 1.67 bits per heavy atom. The number of hydrogen-bond acceptors (Lipinski definition) is 4. The lowest BCUT2D eigenvalue weighted by atomic mass is 9.81. The molecule has 1 heterocycles. The quantitative estimate of drug-likeness (QED) is 0.415. The summed E-state index contributed by atoms with van der Waals surface area (Å²) in [7, 11) is 1.42. The first-order valence-electron chi connectivity index (χ1n) is 5.23. The summed E-state index contributed by atoms with van der Waals surface area (Å²) in [6, 6.07) is 0. The summed E-state index contributed by atoms with van der Waals surface area (Å²) < 4.78 is 10.2. The zero-order chi connectivity index (χ0) is 11.1. The van der Waals surface area contributed by atoms with E-state index < -0.39 is 5.41 Å². The van der Waals surface area contributed by atoms with E-state index in [2.05, 4.69) is 11.9 Å². The Bertz CT molecular complexity index is 222. The Labute approximate surface area is 90.6 Å². The van der Waals surface area contributed by atoms with Crippen LogP contribution >= 0.6 is 0 Å². The largest absolute Gasteiger partial charge is 0.468 e. The number of hydrogen-bond donors (Lipinski definition) is 1. The molecule has 0 radical (unpaired) electrons. The molecule has 0 spiro atoms. The van der Waals surface area contributed by atoms with Crippen LogP contribution in [-0.2, 0) is 14.3 Å². The van der Waals surface area contributed by atoms with Crippen molar-refractivity contribution in [1.29, 1.82) is 0 Å². The van der Waals surface area contributed by atoms with Gasteiger partial charge in [-0.15, -0.1) is 6.58 Å². The van der Waals surface area contributed by atoms with E-state index in [9.17, 15) is 4.79 Å². The highest BCUT2D eigenvalue weighted by molar-refractivity contribution is 5.77. The normalized spacial score (nSPS) is 25.9. The molecule has 0 aromatic rings. The number of carbonyl (C=O) groups excluding carboxylic acids is 1. The minimum Gasteiger partial charge on any atom is -0.468 e. The van der Waals surface area contributed by atoms with Crippen molar-refractivity contribution in [1.82, 2.24) is 5.32 Å². The van der Waals surface area contributed by atoms with Crippen molar-refractivity contribution in [3.05, 3.63) is 12.7 Å². The van der Waals surface area contributed by atoms with Gasteiger partial charge in [-0.25, -0.2) is 0 Å². The summed E-state index contributed by atoms with van der Waals surface area (Å²) >= 11 is 0. The van der Waals surface area contributed by atoms with E-state index in [-0.39, 0.29) is 5.97 Å². The molecule has 0 bridgehead atoms. The molecule has 1 aliphatic rings. The molecule has 4 nitrogen and oxygen atoms in total. The topological polar surface area (TPSA) is 47.6 Å². The van der Waals surface area contributed by atoms with Crippen LogP contribution < -0.4 is 5.32 Å². The number of nitrogens with one attached hydrogen (secondary N) is 1. The lowest BCUT2D eigenvalue weighted by Crippen LogP contribution is -2.49. The molecule has 1 atom stereocenters. The third kappa shape index (κ3) is 3.04. The van der Waals surface area contributed by atoms with Gasteiger partial charge in [0.2, 0.25) is 0 Å². The van der Waals surface area contributed by atoms with E-state index in [0.717, 1.165) is 19.4 Å². The Morgan fingerprint density at radius 2 is 2.47 bits per heavy atom. The number of methoxy groups -OCH3 is 1. The molecule has 0 aliphatic carbocycles. The summed E-state index contributed by atoms with van der Waals surface area (Å²) in [4.78, 5) is 11.7. The Hall–Kier alpha value is -0.870. The van der Waals surface area contributed by atoms with Crippen molar-refractivity contribution in [3.63, 3.8) is 0 Å². The number of rotatable bonds is 5. The highest BCUT2D eigenvalue weighted by Crippen LogP contribution is 2.28. The molecule has 0 aromatic carbocycles. The lowest BCUT2D eigenvalue weighted by Gasteiger charge is -2.34. The smallest absolute Gasteiger partial charge is 0.315 e.